The van der Waals surface area contributed by atoms with Crippen LogP contribution in [0.5, 0.6) is 0 Å². The van der Waals surface area contributed by atoms with Gasteiger partial charge in [0, 0.05) is 31.9 Å². The zero-order chi connectivity index (χ0) is 14.4. The number of aromatic nitrogens is 2. The highest BCUT2D eigenvalue weighted by Crippen LogP contribution is 2.03. The first-order valence-electron chi connectivity index (χ1n) is 7.25. The van der Waals surface area contributed by atoms with Crippen LogP contribution in [0.15, 0.2) is 6.07 Å². The van der Waals surface area contributed by atoms with Crippen LogP contribution in [0.4, 0.5) is 0 Å². The van der Waals surface area contributed by atoms with E-state index in [1.807, 2.05) is 18.5 Å². The molecule has 1 unspecified atom stereocenters. The summed E-state index contributed by atoms with van der Waals surface area (Å²) in [4.78, 5) is 11.8. The summed E-state index contributed by atoms with van der Waals surface area (Å²) in [7, 11) is 0. The largest absolute Gasteiger partial charge is 0.375 e. The van der Waals surface area contributed by atoms with E-state index in [-0.39, 0.29) is 12.0 Å². The van der Waals surface area contributed by atoms with E-state index in [0.29, 0.717) is 19.6 Å². The molecule has 6 nitrogen and oxygen atoms in total. The monoisotopic (exact) mass is 280 g/mol. The number of carbonyl (C=O) groups is 1. The van der Waals surface area contributed by atoms with Gasteiger partial charge in [0.15, 0.2) is 0 Å². The number of rotatable bonds is 6. The molecule has 20 heavy (non-hydrogen) atoms. The van der Waals surface area contributed by atoms with Gasteiger partial charge in [0.2, 0.25) is 5.91 Å². The molecule has 1 fully saturated rings. The van der Waals surface area contributed by atoms with Crippen LogP contribution >= 0.6 is 0 Å². The molecule has 2 rings (SSSR count). The lowest BCUT2D eigenvalue weighted by Gasteiger charge is -2.23. The number of aryl methyl sites for hydroxylation is 3. The van der Waals surface area contributed by atoms with Gasteiger partial charge in [0.25, 0.3) is 0 Å². The van der Waals surface area contributed by atoms with E-state index >= 15 is 0 Å². The van der Waals surface area contributed by atoms with Crippen molar-refractivity contribution in [2.75, 3.05) is 26.2 Å². The Morgan fingerprint density at radius 3 is 3.10 bits per heavy atom. The van der Waals surface area contributed by atoms with Crippen molar-refractivity contribution in [1.82, 2.24) is 20.4 Å². The first-order chi connectivity index (χ1) is 9.65. The second-order valence-corrected chi connectivity index (χ2v) is 5.25. The van der Waals surface area contributed by atoms with E-state index in [1.54, 1.807) is 0 Å². The zero-order valence-electron chi connectivity index (χ0n) is 12.3. The standard InChI is InChI=1S/C14H24N4O2/c1-11-8-12(2)18(17-11)6-3-4-16-14(19)9-13-10-15-5-7-20-13/h8,13,15H,3-7,9-10H2,1-2H3,(H,16,19). The number of morpholine rings is 1. The van der Waals surface area contributed by atoms with Gasteiger partial charge in [0.1, 0.15) is 0 Å². The fourth-order valence-corrected chi connectivity index (χ4v) is 2.39. The maximum atomic E-state index is 11.8. The van der Waals surface area contributed by atoms with Crippen molar-refractivity contribution >= 4 is 5.91 Å². The van der Waals surface area contributed by atoms with Crippen molar-refractivity contribution in [3.8, 4) is 0 Å². The van der Waals surface area contributed by atoms with E-state index in [9.17, 15) is 4.79 Å². The first kappa shape index (κ1) is 15.0. The van der Waals surface area contributed by atoms with E-state index in [0.717, 1.165) is 37.4 Å². The number of ether oxygens (including phenoxy) is 1. The Morgan fingerprint density at radius 2 is 2.45 bits per heavy atom. The molecule has 2 heterocycles. The highest BCUT2D eigenvalue weighted by atomic mass is 16.5. The number of amides is 1. The smallest absolute Gasteiger partial charge is 0.222 e. The molecule has 1 amide bonds. The number of nitrogens with one attached hydrogen (secondary N) is 2. The van der Waals surface area contributed by atoms with Crippen LogP contribution in [-0.4, -0.2) is 48.0 Å². The summed E-state index contributed by atoms with van der Waals surface area (Å²) in [5.41, 5.74) is 2.20. The summed E-state index contributed by atoms with van der Waals surface area (Å²) in [6.45, 7) is 7.88. The third-order valence-electron chi connectivity index (χ3n) is 3.39. The van der Waals surface area contributed by atoms with Gasteiger partial charge >= 0.3 is 0 Å². The Bertz CT molecular complexity index is 438. The Labute approximate surface area is 119 Å². The zero-order valence-corrected chi connectivity index (χ0v) is 12.3. The Hall–Kier alpha value is -1.40. The second-order valence-electron chi connectivity index (χ2n) is 5.25. The van der Waals surface area contributed by atoms with Crippen molar-refractivity contribution in [3.05, 3.63) is 17.5 Å². The number of nitrogens with zero attached hydrogens (tertiary/aromatic N) is 2. The van der Waals surface area contributed by atoms with Crippen molar-refractivity contribution in [3.63, 3.8) is 0 Å². The van der Waals surface area contributed by atoms with E-state index in [4.69, 9.17) is 4.74 Å². The highest BCUT2D eigenvalue weighted by Gasteiger charge is 2.16. The summed E-state index contributed by atoms with van der Waals surface area (Å²) >= 11 is 0. The van der Waals surface area contributed by atoms with Gasteiger partial charge in [-0.05, 0) is 26.3 Å². The quantitative estimate of drug-likeness (QED) is 0.740. The second kappa shape index (κ2) is 7.40. The molecule has 1 saturated heterocycles. The fraction of sp³-hybridized carbons (Fsp3) is 0.714. The molecule has 0 saturated carbocycles. The summed E-state index contributed by atoms with van der Waals surface area (Å²) in [6, 6.07) is 2.06. The van der Waals surface area contributed by atoms with Crippen LogP contribution in [-0.2, 0) is 16.1 Å². The lowest BCUT2D eigenvalue weighted by molar-refractivity contribution is -0.124. The number of carbonyl (C=O) groups excluding carboxylic acids is 1. The minimum atomic E-state index is 0.0137. The molecule has 1 atom stereocenters. The lowest BCUT2D eigenvalue weighted by atomic mass is 10.2. The molecule has 1 aromatic rings. The minimum Gasteiger partial charge on any atom is -0.375 e. The molecule has 1 aromatic heterocycles. The molecule has 1 aliphatic rings. The molecular weight excluding hydrogens is 256 g/mol. The molecule has 2 N–H and O–H groups in total. The van der Waals surface area contributed by atoms with Crippen LogP contribution < -0.4 is 10.6 Å². The third kappa shape index (κ3) is 4.61. The summed E-state index contributed by atoms with van der Waals surface area (Å²) in [6.07, 6.45) is 1.34. The summed E-state index contributed by atoms with van der Waals surface area (Å²) in [5, 5.41) is 10.6. The molecule has 1 aliphatic heterocycles. The molecule has 0 radical (unpaired) electrons. The maximum absolute atomic E-state index is 11.8. The van der Waals surface area contributed by atoms with Crippen molar-refractivity contribution < 1.29 is 9.53 Å². The predicted octanol–water partition coefficient (Wildman–Crippen LogP) is 0.385. The SMILES string of the molecule is Cc1cc(C)n(CCCNC(=O)CC2CNCCO2)n1. The summed E-state index contributed by atoms with van der Waals surface area (Å²) < 4.78 is 7.49. The average Bonchev–Trinajstić information content (AvgIpc) is 2.74. The predicted molar refractivity (Wildman–Crippen MR) is 76.6 cm³/mol. The van der Waals surface area contributed by atoms with Crippen LogP contribution in [0.2, 0.25) is 0 Å². The van der Waals surface area contributed by atoms with Crippen molar-refractivity contribution in [1.29, 1.82) is 0 Å². The Balaban J connectivity index is 1.60. The Kier molecular flexibility index (Phi) is 5.55. The van der Waals surface area contributed by atoms with Gasteiger partial charge < -0.3 is 15.4 Å². The molecule has 0 aromatic carbocycles. The molecule has 112 valence electrons. The third-order valence-corrected chi connectivity index (χ3v) is 3.39. The minimum absolute atomic E-state index is 0.0137. The van der Waals surface area contributed by atoms with Gasteiger partial charge in [-0.15, -0.1) is 0 Å². The Morgan fingerprint density at radius 1 is 1.60 bits per heavy atom. The van der Waals surface area contributed by atoms with Crippen molar-refractivity contribution in [2.24, 2.45) is 0 Å². The van der Waals surface area contributed by atoms with Crippen LogP contribution in [0.3, 0.4) is 0 Å². The number of hydrogen-bond acceptors (Lipinski definition) is 4. The molecule has 0 aliphatic carbocycles. The molecular formula is C14H24N4O2. The lowest BCUT2D eigenvalue weighted by Crippen LogP contribution is -2.41. The van der Waals surface area contributed by atoms with Crippen LogP contribution in [0.25, 0.3) is 0 Å². The van der Waals surface area contributed by atoms with Crippen molar-refractivity contribution in [2.45, 2.75) is 39.3 Å². The highest BCUT2D eigenvalue weighted by molar-refractivity contribution is 5.76. The van der Waals surface area contributed by atoms with E-state index < -0.39 is 0 Å². The maximum Gasteiger partial charge on any atom is 0.222 e. The molecule has 6 heteroatoms. The molecule has 0 spiro atoms. The topological polar surface area (TPSA) is 68.2 Å². The first-order valence-corrected chi connectivity index (χ1v) is 7.25. The summed E-state index contributed by atoms with van der Waals surface area (Å²) in [5.74, 6) is 0.0621. The van der Waals surface area contributed by atoms with Gasteiger partial charge in [-0.25, -0.2) is 0 Å². The number of hydrogen-bond donors (Lipinski definition) is 2. The van der Waals surface area contributed by atoms with Crippen LogP contribution in [0, 0.1) is 13.8 Å². The average molecular weight is 280 g/mol. The normalized spacial score (nSPS) is 19.0. The van der Waals surface area contributed by atoms with Gasteiger partial charge in [-0.2, -0.15) is 5.10 Å². The van der Waals surface area contributed by atoms with Gasteiger partial charge in [-0.1, -0.05) is 0 Å². The fourth-order valence-electron chi connectivity index (χ4n) is 2.39. The van der Waals surface area contributed by atoms with E-state index in [2.05, 4.69) is 21.8 Å². The van der Waals surface area contributed by atoms with Gasteiger partial charge in [-0.3, -0.25) is 9.48 Å². The van der Waals surface area contributed by atoms with E-state index in [1.165, 1.54) is 0 Å². The molecule has 0 bridgehead atoms. The van der Waals surface area contributed by atoms with Crippen LogP contribution in [0.1, 0.15) is 24.2 Å². The van der Waals surface area contributed by atoms with Gasteiger partial charge in [0.05, 0.1) is 24.8 Å².